The van der Waals surface area contributed by atoms with Crippen LogP contribution in [0.5, 0.6) is 0 Å². The molecule has 0 spiro atoms. The van der Waals surface area contributed by atoms with E-state index in [0.717, 1.165) is 68.1 Å². The van der Waals surface area contributed by atoms with Gasteiger partial charge in [0.2, 0.25) is 0 Å². The maximum Gasteiger partial charge on any atom is 0.264 e. The molecule has 6 nitrogen and oxygen atoms in total. The summed E-state index contributed by atoms with van der Waals surface area (Å²) in [6.45, 7) is 6.60. The molecule has 0 saturated carbocycles. The molecule has 0 radical (unpaired) electrons. The Morgan fingerprint density at radius 3 is 2.63 bits per heavy atom. The van der Waals surface area contributed by atoms with Crippen LogP contribution in [-0.4, -0.2) is 51.4 Å². The van der Waals surface area contributed by atoms with E-state index in [1.807, 2.05) is 16.4 Å². The summed E-state index contributed by atoms with van der Waals surface area (Å²) in [5, 5.41) is 3.20. The molecule has 4 aromatic rings. The minimum Gasteiger partial charge on any atom is -0.335 e. The summed E-state index contributed by atoms with van der Waals surface area (Å²) in [7, 11) is 0. The zero-order chi connectivity index (χ0) is 23.9. The molecule has 0 bridgehead atoms. The highest BCUT2D eigenvalue weighted by atomic mass is 32.1. The average molecular weight is 487 g/mol. The van der Waals surface area contributed by atoms with Crippen LogP contribution < -0.4 is 5.56 Å². The number of carbonyl (C=O) groups excluding carboxylic acids is 1. The average Bonchev–Trinajstić information content (AvgIpc) is 3.04. The Labute approximate surface area is 208 Å². The van der Waals surface area contributed by atoms with Gasteiger partial charge in [0.25, 0.3) is 11.5 Å². The van der Waals surface area contributed by atoms with Crippen molar-refractivity contribution in [3.63, 3.8) is 0 Å². The summed E-state index contributed by atoms with van der Waals surface area (Å²) in [6, 6.07) is 15.0. The second kappa shape index (κ2) is 9.21. The molecule has 0 aliphatic carbocycles. The number of amides is 1. The van der Waals surface area contributed by atoms with Crippen LogP contribution in [0, 0.1) is 6.92 Å². The van der Waals surface area contributed by atoms with E-state index in [4.69, 9.17) is 4.98 Å². The third-order valence-electron chi connectivity index (χ3n) is 7.54. The Balaban J connectivity index is 1.20. The Kier molecular flexibility index (Phi) is 5.90. The van der Waals surface area contributed by atoms with E-state index in [0.29, 0.717) is 23.4 Å². The molecule has 6 rings (SSSR count). The molecule has 1 amide bonds. The smallest absolute Gasteiger partial charge is 0.264 e. The van der Waals surface area contributed by atoms with Crippen LogP contribution in [0.2, 0.25) is 0 Å². The number of aryl methyl sites for hydroxylation is 2. The van der Waals surface area contributed by atoms with Crippen molar-refractivity contribution in [1.82, 2.24) is 19.4 Å². The lowest BCUT2D eigenvalue weighted by Crippen LogP contribution is -2.48. The van der Waals surface area contributed by atoms with E-state index in [-0.39, 0.29) is 11.5 Å². The monoisotopic (exact) mass is 486 g/mol. The molecule has 2 aliphatic rings. The Bertz CT molecular complexity index is 1470. The largest absolute Gasteiger partial charge is 0.335 e. The summed E-state index contributed by atoms with van der Waals surface area (Å²) in [5.74, 6) is 0.914. The summed E-state index contributed by atoms with van der Waals surface area (Å²) in [4.78, 5) is 37.4. The first-order chi connectivity index (χ1) is 17.1. The standard InChI is InChI=1S/C28H30N4O2S/c1-19-24-26(29-23-12-3-2-6-13-32(23)27(24)33)35-25(19)28(34)31-16-14-30(15-17-31)18-21-10-7-9-20-8-4-5-11-22(20)21/h4-5,7-11H,2-3,6,12-18H2,1H3. The van der Waals surface area contributed by atoms with Crippen LogP contribution in [0.3, 0.4) is 0 Å². The van der Waals surface area contributed by atoms with Crippen molar-refractivity contribution in [2.75, 3.05) is 26.2 Å². The maximum atomic E-state index is 13.5. The fourth-order valence-corrected chi connectivity index (χ4v) is 6.70. The Morgan fingerprint density at radius 1 is 0.971 bits per heavy atom. The number of nitrogens with zero attached hydrogens (tertiary/aromatic N) is 4. The second-order valence-electron chi connectivity index (χ2n) is 9.74. The molecule has 2 aliphatic heterocycles. The quantitative estimate of drug-likeness (QED) is 0.425. The van der Waals surface area contributed by atoms with E-state index in [1.165, 1.54) is 27.7 Å². The van der Waals surface area contributed by atoms with Crippen LogP contribution in [0.15, 0.2) is 47.3 Å². The van der Waals surface area contributed by atoms with E-state index in [1.54, 1.807) is 0 Å². The normalized spacial score (nSPS) is 17.0. The number of carbonyl (C=O) groups is 1. The number of aromatic nitrogens is 2. The summed E-state index contributed by atoms with van der Waals surface area (Å²) >= 11 is 1.40. The zero-order valence-corrected chi connectivity index (χ0v) is 20.9. The minimum atomic E-state index is 0.0274. The van der Waals surface area contributed by atoms with Gasteiger partial charge in [0.05, 0.1) is 10.3 Å². The fourth-order valence-electron chi connectivity index (χ4n) is 5.54. The Hall–Kier alpha value is -3.03. The Morgan fingerprint density at radius 2 is 1.77 bits per heavy atom. The molecule has 4 heterocycles. The van der Waals surface area contributed by atoms with Gasteiger partial charge in [-0.25, -0.2) is 4.98 Å². The topological polar surface area (TPSA) is 58.4 Å². The van der Waals surface area contributed by atoms with Gasteiger partial charge in [-0.15, -0.1) is 11.3 Å². The van der Waals surface area contributed by atoms with Crippen molar-refractivity contribution in [2.45, 2.75) is 45.7 Å². The lowest BCUT2D eigenvalue weighted by Gasteiger charge is -2.34. The summed E-state index contributed by atoms with van der Waals surface area (Å²) in [5.41, 5.74) is 2.15. The number of hydrogen-bond donors (Lipinski definition) is 0. The van der Waals surface area contributed by atoms with Crippen molar-refractivity contribution in [1.29, 1.82) is 0 Å². The van der Waals surface area contributed by atoms with Crippen LogP contribution in [0.4, 0.5) is 0 Å². The number of rotatable bonds is 3. The van der Waals surface area contributed by atoms with Crippen LogP contribution in [-0.2, 0) is 19.5 Å². The first kappa shape index (κ1) is 22.4. The first-order valence-electron chi connectivity index (χ1n) is 12.6. The SMILES string of the molecule is Cc1c(C(=O)N2CCN(Cc3cccc4ccccc34)CC2)sc2nc3n(c(=O)c12)CCCCC3. The van der Waals surface area contributed by atoms with Crippen LogP contribution in [0.1, 0.15) is 45.9 Å². The molecule has 1 saturated heterocycles. The highest BCUT2D eigenvalue weighted by Gasteiger charge is 2.27. The van der Waals surface area contributed by atoms with Gasteiger partial charge in [-0.1, -0.05) is 48.9 Å². The lowest BCUT2D eigenvalue weighted by atomic mass is 10.0. The zero-order valence-electron chi connectivity index (χ0n) is 20.1. The molecule has 7 heteroatoms. The molecular weight excluding hydrogens is 456 g/mol. The molecule has 0 N–H and O–H groups in total. The lowest BCUT2D eigenvalue weighted by molar-refractivity contribution is 0.0633. The van der Waals surface area contributed by atoms with Gasteiger partial charge >= 0.3 is 0 Å². The molecular formula is C28H30N4O2S. The van der Waals surface area contributed by atoms with Gasteiger partial charge in [0.15, 0.2) is 0 Å². The molecule has 0 unspecified atom stereocenters. The van der Waals surface area contributed by atoms with E-state index >= 15 is 0 Å². The van der Waals surface area contributed by atoms with E-state index < -0.39 is 0 Å². The van der Waals surface area contributed by atoms with Crippen molar-refractivity contribution in [2.24, 2.45) is 0 Å². The summed E-state index contributed by atoms with van der Waals surface area (Å²) < 4.78 is 1.84. The second-order valence-corrected chi connectivity index (χ2v) is 10.7. The molecule has 180 valence electrons. The van der Waals surface area contributed by atoms with Gasteiger partial charge < -0.3 is 4.90 Å². The maximum absolute atomic E-state index is 13.5. The van der Waals surface area contributed by atoms with Crippen molar-refractivity contribution in [3.8, 4) is 0 Å². The molecule has 1 fully saturated rings. The number of thiophene rings is 1. The van der Waals surface area contributed by atoms with Crippen LogP contribution >= 0.6 is 11.3 Å². The van der Waals surface area contributed by atoms with E-state index in [2.05, 4.69) is 47.4 Å². The van der Waals surface area contributed by atoms with Gasteiger partial charge in [-0.05, 0) is 41.7 Å². The van der Waals surface area contributed by atoms with Gasteiger partial charge in [0, 0.05) is 45.7 Å². The number of piperazine rings is 1. The molecule has 2 aromatic carbocycles. The number of hydrogen-bond acceptors (Lipinski definition) is 5. The van der Waals surface area contributed by atoms with Gasteiger partial charge in [-0.3, -0.25) is 19.1 Å². The van der Waals surface area contributed by atoms with Gasteiger partial charge in [0.1, 0.15) is 10.7 Å². The number of benzene rings is 2. The predicted molar refractivity (Wildman–Crippen MR) is 141 cm³/mol. The highest BCUT2D eigenvalue weighted by molar-refractivity contribution is 7.20. The van der Waals surface area contributed by atoms with Crippen molar-refractivity contribution in [3.05, 3.63) is 74.6 Å². The third kappa shape index (κ3) is 4.06. The number of fused-ring (bicyclic) bond motifs is 3. The predicted octanol–water partition coefficient (Wildman–Crippen LogP) is 4.60. The fraction of sp³-hybridized carbons (Fsp3) is 0.393. The molecule has 35 heavy (non-hydrogen) atoms. The highest BCUT2D eigenvalue weighted by Crippen LogP contribution is 2.30. The van der Waals surface area contributed by atoms with Gasteiger partial charge in [-0.2, -0.15) is 0 Å². The minimum absolute atomic E-state index is 0.0274. The molecule has 2 aromatic heterocycles. The van der Waals surface area contributed by atoms with Crippen molar-refractivity contribution >= 4 is 38.2 Å². The summed E-state index contributed by atoms with van der Waals surface area (Å²) in [6.07, 6.45) is 4.05. The molecule has 0 atom stereocenters. The third-order valence-corrected chi connectivity index (χ3v) is 8.71. The van der Waals surface area contributed by atoms with E-state index in [9.17, 15) is 9.59 Å². The van der Waals surface area contributed by atoms with Crippen molar-refractivity contribution < 1.29 is 4.79 Å². The first-order valence-corrected chi connectivity index (χ1v) is 13.4. The van der Waals surface area contributed by atoms with Crippen LogP contribution in [0.25, 0.3) is 21.0 Å².